The van der Waals surface area contributed by atoms with E-state index in [0.29, 0.717) is 10.8 Å². The quantitative estimate of drug-likeness (QED) is 0.688. The van der Waals surface area contributed by atoms with Crippen LogP contribution in [-0.2, 0) is 5.75 Å². The first-order valence-electron chi connectivity index (χ1n) is 4.74. The predicted molar refractivity (Wildman–Crippen MR) is 77.1 cm³/mol. The third-order valence-electron chi connectivity index (χ3n) is 2.06. The standard InChI is InChI=1S/C10H10ClN3S3/c1-15-9-13-14-10(17-9)16-5-6-7(11)3-2-4-8(6)12/h2-4H,5,12H2,1H3. The minimum atomic E-state index is 0.701. The first kappa shape index (κ1) is 13.0. The van der Waals surface area contributed by atoms with E-state index in [2.05, 4.69) is 10.2 Å². The van der Waals surface area contributed by atoms with Crippen LogP contribution in [0.5, 0.6) is 0 Å². The Hall–Kier alpha value is -0.430. The highest BCUT2D eigenvalue weighted by Crippen LogP contribution is 2.33. The van der Waals surface area contributed by atoms with Gasteiger partial charge in [0.15, 0.2) is 8.68 Å². The molecule has 0 unspecified atom stereocenters. The maximum atomic E-state index is 6.10. The molecule has 0 bridgehead atoms. The van der Waals surface area contributed by atoms with Gasteiger partial charge in [0.05, 0.1) is 0 Å². The van der Waals surface area contributed by atoms with Gasteiger partial charge in [-0.1, -0.05) is 52.5 Å². The average molecular weight is 304 g/mol. The average Bonchev–Trinajstić information content (AvgIpc) is 2.76. The summed E-state index contributed by atoms with van der Waals surface area (Å²) in [5, 5.41) is 8.83. The Morgan fingerprint density at radius 2 is 2.12 bits per heavy atom. The lowest BCUT2D eigenvalue weighted by Crippen LogP contribution is -1.93. The van der Waals surface area contributed by atoms with Crippen LogP contribution in [0.3, 0.4) is 0 Å². The van der Waals surface area contributed by atoms with Crippen molar-refractivity contribution >= 4 is 52.1 Å². The van der Waals surface area contributed by atoms with Crippen LogP contribution in [0, 0.1) is 0 Å². The summed E-state index contributed by atoms with van der Waals surface area (Å²) >= 11 is 10.9. The molecule has 2 N–H and O–H groups in total. The van der Waals surface area contributed by atoms with E-state index in [1.807, 2.05) is 24.5 Å². The van der Waals surface area contributed by atoms with Gasteiger partial charge in [0.2, 0.25) is 0 Å². The topological polar surface area (TPSA) is 51.8 Å². The minimum absolute atomic E-state index is 0.701. The monoisotopic (exact) mass is 303 g/mol. The Bertz CT molecular complexity index is 495. The summed E-state index contributed by atoms with van der Waals surface area (Å²) in [6, 6.07) is 5.55. The lowest BCUT2D eigenvalue weighted by atomic mass is 10.2. The smallest absolute Gasteiger partial charge is 0.175 e. The van der Waals surface area contributed by atoms with Gasteiger partial charge in [0, 0.05) is 22.0 Å². The highest BCUT2D eigenvalue weighted by Gasteiger charge is 2.08. The molecule has 0 saturated heterocycles. The Balaban J connectivity index is 2.07. The largest absolute Gasteiger partial charge is 0.398 e. The van der Waals surface area contributed by atoms with Crippen LogP contribution in [0.25, 0.3) is 0 Å². The van der Waals surface area contributed by atoms with Crippen LogP contribution in [-0.4, -0.2) is 16.5 Å². The molecule has 90 valence electrons. The maximum Gasteiger partial charge on any atom is 0.175 e. The molecule has 7 heteroatoms. The Morgan fingerprint density at radius 3 is 2.76 bits per heavy atom. The zero-order valence-electron chi connectivity index (χ0n) is 9.01. The molecule has 1 heterocycles. The molecule has 2 rings (SSSR count). The van der Waals surface area contributed by atoms with E-state index in [0.717, 1.165) is 19.9 Å². The molecule has 0 aliphatic heterocycles. The van der Waals surface area contributed by atoms with Gasteiger partial charge in [0.25, 0.3) is 0 Å². The molecule has 0 spiro atoms. The number of rotatable bonds is 4. The molecule has 3 nitrogen and oxygen atoms in total. The molecule has 0 fully saturated rings. The zero-order valence-corrected chi connectivity index (χ0v) is 12.2. The van der Waals surface area contributed by atoms with Crippen molar-refractivity contribution in [1.29, 1.82) is 0 Å². The second-order valence-corrected chi connectivity index (χ2v) is 6.79. The van der Waals surface area contributed by atoms with Crippen molar-refractivity contribution < 1.29 is 0 Å². The number of nitrogens with two attached hydrogens (primary N) is 1. The van der Waals surface area contributed by atoms with Crippen LogP contribution in [0.2, 0.25) is 5.02 Å². The molecule has 0 atom stereocenters. The number of nitrogens with zero attached hydrogens (tertiary/aromatic N) is 2. The van der Waals surface area contributed by atoms with Crippen molar-refractivity contribution in [2.75, 3.05) is 12.0 Å². The van der Waals surface area contributed by atoms with Gasteiger partial charge < -0.3 is 5.73 Å². The van der Waals surface area contributed by atoms with Crippen LogP contribution < -0.4 is 5.73 Å². The maximum absolute atomic E-state index is 6.10. The van der Waals surface area contributed by atoms with E-state index in [9.17, 15) is 0 Å². The Labute approximate surface area is 117 Å². The van der Waals surface area contributed by atoms with Gasteiger partial charge in [-0.3, -0.25) is 0 Å². The van der Waals surface area contributed by atoms with Crippen LogP contribution in [0.4, 0.5) is 5.69 Å². The molecule has 0 saturated carbocycles. The normalized spacial score (nSPS) is 10.7. The molecule has 1 aromatic carbocycles. The molecule has 1 aromatic heterocycles. The van der Waals surface area contributed by atoms with E-state index in [1.165, 1.54) is 0 Å². The molecular formula is C10H10ClN3S3. The fourth-order valence-electron chi connectivity index (χ4n) is 1.20. The summed E-state index contributed by atoms with van der Waals surface area (Å²) in [5.74, 6) is 0.717. The number of anilines is 1. The van der Waals surface area contributed by atoms with Crippen molar-refractivity contribution in [3.8, 4) is 0 Å². The highest BCUT2D eigenvalue weighted by molar-refractivity contribution is 8.02. The van der Waals surface area contributed by atoms with E-state index >= 15 is 0 Å². The van der Waals surface area contributed by atoms with Crippen LogP contribution in [0.1, 0.15) is 5.56 Å². The third-order valence-corrected chi connectivity index (χ3v) is 5.47. The third kappa shape index (κ3) is 3.28. The van der Waals surface area contributed by atoms with Crippen molar-refractivity contribution in [1.82, 2.24) is 10.2 Å². The SMILES string of the molecule is CSc1nnc(SCc2c(N)cccc2Cl)s1. The molecule has 0 aliphatic carbocycles. The summed E-state index contributed by atoms with van der Waals surface area (Å²) in [4.78, 5) is 0. The molecule has 2 aromatic rings. The summed E-state index contributed by atoms with van der Waals surface area (Å²) in [7, 11) is 0. The fraction of sp³-hybridized carbons (Fsp3) is 0.200. The summed E-state index contributed by atoms with van der Waals surface area (Å²) in [6.07, 6.45) is 1.99. The van der Waals surface area contributed by atoms with Gasteiger partial charge >= 0.3 is 0 Å². The van der Waals surface area contributed by atoms with Gasteiger partial charge in [-0.05, 0) is 18.4 Å². The number of hydrogen-bond donors (Lipinski definition) is 1. The fourth-order valence-corrected chi connectivity index (χ4v) is 4.03. The zero-order chi connectivity index (χ0) is 12.3. The lowest BCUT2D eigenvalue weighted by molar-refractivity contribution is 0.955. The predicted octanol–water partition coefficient (Wildman–Crippen LogP) is 3.79. The minimum Gasteiger partial charge on any atom is -0.398 e. The van der Waals surface area contributed by atoms with Gasteiger partial charge in [0.1, 0.15) is 0 Å². The number of halogens is 1. The lowest BCUT2D eigenvalue weighted by Gasteiger charge is -2.05. The molecule has 0 amide bonds. The second-order valence-electron chi connectivity index (χ2n) is 3.13. The van der Waals surface area contributed by atoms with Crippen molar-refractivity contribution in [3.05, 3.63) is 28.8 Å². The van der Waals surface area contributed by atoms with Crippen molar-refractivity contribution in [3.63, 3.8) is 0 Å². The van der Waals surface area contributed by atoms with Crippen LogP contribution >= 0.6 is 46.5 Å². The Morgan fingerprint density at radius 1 is 1.35 bits per heavy atom. The molecular weight excluding hydrogens is 294 g/mol. The second kappa shape index (κ2) is 5.95. The summed E-state index contributed by atoms with van der Waals surface area (Å²) < 4.78 is 1.91. The van der Waals surface area contributed by atoms with E-state index in [4.69, 9.17) is 17.3 Å². The molecule has 0 aliphatic rings. The molecule has 0 radical (unpaired) electrons. The number of hydrogen-bond acceptors (Lipinski definition) is 6. The summed E-state index contributed by atoms with van der Waals surface area (Å²) in [6.45, 7) is 0. The number of aromatic nitrogens is 2. The van der Waals surface area contributed by atoms with Gasteiger partial charge in [-0.15, -0.1) is 10.2 Å². The highest BCUT2D eigenvalue weighted by atomic mass is 35.5. The Kier molecular flexibility index (Phi) is 4.55. The van der Waals surface area contributed by atoms with Gasteiger partial charge in [-0.25, -0.2) is 0 Å². The van der Waals surface area contributed by atoms with E-state index in [1.54, 1.807) is 34.9 Å². The van der Waals surface area contributed by atoms with Crippen molar-refractivity contribution in [2.24, 2.45) is 0 Å². The van der Waals surface area contributed by atoms with Crippen molar-refractivity contribution in [2.45, 2.75) is 14.4 Å². The van der Waals surface area contributed by atoms with Crippen LogP contribution in [0.15, 0.2) is 26.9 Å². The summed E-state index contributed by atoms with van der Waals surface area (Å²) in [5.41, 5.74) is 7.56. The van der Waals surface area contributed by atoms with E-state index < -0.39 is 0 Å². The van der Waals surface area contributed by atoms with E-state index in [-0.39, 0.29) is 0 Å². The first-order chi connectivity index (χ1) is 8.20. The number of nitrogen functional groups attached to an aromatic ring is 1. The van der Waals surface area contributed by atoms with Gasteiger partial charge in [-0.2, -0.15) is 0 Å². The number of thioether (sulfide) groups is 2. The first-order valence-corrected chi connectivity index (χ1v) is 8.14. The number of benzene rings is 1. The molecule has 17 heavy (non-hydrogen) atoms.